The van der Waals surface area contributed by atoms with Crippen molar-refractivity contribution in [3.05, 3.63) is 64.9 Å². The molecule has 174 valence electrons. The molecule has 0 spiro atoms. The SMILES string of the molecule is Fc1cc(F)c(-c2ccc(-c3nc4nc(OC5CO[C@@H]6CCO[C@H]56)[nH]c4cc3Cl)cc2)cc1F. The lowest BCUT2D eigenvalue weighted by Crippen LogP contribution is -2.32. The molecule has 2 aromatic heterocycles. The second kappa shape index (κ2) is 8.26. The van der Waals surface area contributed by atoms with Crippen LogP contribution in [0.4, 0.5) is 13.2 Å². The van der Waals surface area contributed by atoms with Crippen LogP contribution in [0.25, 0.3) is 33.5 Å². The molecule has 3 atom stereocenters. The van der Waals surface area contributed by atoms with Gasteiger partial charge in [-0.05, 0) is 24.1 Å². The van der Waals surface area contributed by atoms with Crippen molar-refractivity contribution in [2.45, 2.75) is 24.7 Å². The summed E-state index contributed by atoms with van der Waals surface area (Å²) < 4.78 is 58.3. The van der Waals surface area contributed by atoms with E-state index >= 15 is 0 Å². The average molecular weight is 488 g/mol. The molecule has 0 radical (unpaired) electrons. The Kier molecular flexibility index (Phi) is 5.20. The van der Waals surface area contributed by atoms with Gasteiger partial charge < -0.3 is 19.2 Å². The van der Waals surface area contributed by atoms with Crippen molar-refractivity contribution in [2.24, 2.45) is 0 Å². The normalized spacial score (nSPS) is 21.8. The number of imidazole rings is 1. The van der Waals surface area contributed by atoms with Crippen molar-refractivity contribution in [3.8, 4) is 28.4 Å². The smallest absolute Gasteiger partial charge is 0.296 e. The van der Waals surface area contributed by atoms with E-state index in [1.54, 1.807) is 30.3 Å². The molecule has 34 heavy (non-hydrogen) atoms. The van der Waals surface area contributed by atoms with Crippen LogP contribution in [-0.2, 0) is 9.47 Å². The zero-order chi connectivity index (χ0) is 23.4. The summed E-state index contributed by atoms with van der Waals surface area (Å²) >= 11 is 6.47. The van der Waals surface area contributed by atoms with Gasteiger partial charge in [-0.1, -0.05) is 35.9 Å². The molecule has 0 bridgehead atoms. The molecule has 4 heterocycles. The summed E-state index contributed by atoms with van der Waals surface area (Å²) in [4.78, 5) is 12.0. The van der Waals surface area contributed by atoms with Crippen LogP contribution in [0.5, 0.6) is 6.01 Å². The number of hydrogen-bond acceptors (Lipinski definition) is 5. The van der Waals surface area contributed by atoms with E-state index in [9.17, 15) is 13.2 Å². The Balaban J connectivity index is 1.28. The molecule has 2 saturated heterocycles. The van der Waals surface area contributed by atoms with E-state index in [2.05, 4.69) is 15.0 Å². The fraction of sp³-hybridized carbons (Fsp3) is 0.250. The summed E-state index contributed by atoms with van der Waals surface area (Å²) in [5.41, 5.74) is 2.47. The third-order valence-corrected chi connectivity index (χ3v) is 6.36. The van der Waals surface area contributed by atoms with Crippen LogP contribution in [0.15, 0.2) is 42.5 Å². The molecule has 2 aliphatic heterocycles. The number of halogens is 4. The molecule has 0 amide bonds. The Morgan fingerprint density at radius 3 is 2.53 bits per heavy atom. The summed E-state index contributed by atoms with van der Waals surface area (Å²) in [6.45, 7) is 1.08. The third-order valence-electron chi connectivity index (χ3n) is 6.07. The van der Waals surface area contributed by atoms with Gasteiger partial charge in [0.05, 0.1) is 28.9 Å². The predicted molar refractivity (Wildman–Crippen MR) is 118 cm³/mol. The highest BCUT2D eigenvalue weighted by Crippen LogP contribution is 2.33. The van der Waals surface area contributed by atoms with Gasteiger partial charge >= 0.3 is 0 Å². The lowest BCUT2D eigenvalue weighted by atomic mass is 10.0. The van der Waals surface area contributed by atoms with Crippen molar-refractivity contribution in [1.82, 2.24) is 15.0 Å². The third kappa shape index (κ3) is 3.70. The van der Waals surface area contributed by atoms with Gasteiger partial charge in [-0.3, -0.25) is 0 Å². The maximum absolute atomic E-state index is 14.1. The van der Waals surface area contributed by atoms with Crippen LogP contribution in [0.1, 0.15) is 6.42 Å². The van der Waals surface area contributed by atoms with E-state index in [0.29, 0.717) is 58.3 Å². The lowest BCUT2D eigenvalue weighted by Gasteiger charge is -2.15. The summed E-state index contributed by atoms with van der Waals surface area (Å²) in [5, 5.41) is 0.373. The highest BCUT2D eigenvalue weighted by atomic mass is 35.5. The molecule has 0 saturated carbocycles. The first kappa shape index (κ1) is 21.4. The molecule has 2 aromatic carbocycles. The van der Waals surface area contributed by atoms with Gasteiger partial charge in [0.2, 0.25) is 0 Å². The minimum atomic E-state index is -1.24. The Bertz CT molecular complexity index is 1400. The zero-order valence-electron chi connectivity index (χ0n) is 17.5. The number of rotatable bonds is 4. The van der Waals surface area contributed by atoms with Gasteiger partial charge in [0.25, 0.3) is 6.01 Å². The second-order valence-corrected chi connectivity index (χ2v) is 8.61. The molecule has 2 fully saturated rings. The van der Waals surface area contributed by atoms with E-state index in [1.807, 2.05) is 0 Å². The predicted octanol–water partition coefficient (Wildman–Crippen LogP) is 5.30. The number of ether oxygens (including phenoxy) is 3. The Morgan fingerprint density at radius 2 is 1.71 bits per heavy atom. The Labute approximate surface area is 196 Å². The highest BCUT2D eigenvalue weighted by molar-refractivity contribution is 6.33. The largest absolute Gasteiger partial charge is 0.456 e. The van der Waals surface area contributed by atoms with Crippen LogP contribution in [0, 0.1) is 17.5 Å². The quantitative estimate of drug-likeness (QED) is 0.396. The number of H-pyrrole nitrogens is 1. The van der Waals surface area contributed by atoms with Gasteiger partial charge in [0, 0.05) is 23.8 Å². The summed E-state index contributed by atoms with van der Waals surface area (Å²) in [5.74, 6) is -3.21. The number of nitrogens with zero attached hydrogens (tertiary/aromatic N) is 2. The van der Waals surface area contributed by atoms with E-state index < -0.39 is 17.5 Å². The Morgan fingerprint density at radius 1 is 0.941 bits per heavy atom. The lowest BCUT2D eigenvalue weighted by molar-refractivity contribution is 0.0273. The first-order valence-corrected chi connectivity index (χ1v) is 11.1. The molecule has 1 N–H and O–H groups in total. The van der Waals surface area contributed by atoms with Gasteiger partial charge in [-0.25, -0.2) is 18.2 Å². The van der Waals surface area contributed by atoms with Crippen LogP contribution >= 0.6 is 11.6 Å². The van der Waals surface area contributed by atoms with Crippen molar-refractivity contribution in [3.63, 3.8) is 0 Å². The number of nitrogens with one attached hydrogen (secondary N) is 1. The fourth-order valence-corrected chi connectivity index (χ4v) is 4.64. The topological polar surface area (TPSA) is 69.3 Å². The molecule has 1 unspecified atom stereocenters. The maximum atomic E-state index is 14.1. The van der Waals surface area contributed by atoms with Crippen molar-refractivity contribution in [1.29, 1.82) is 0 Å². The maximum Gasteiger partial charge on any atom is 0.296 e. The van der Waals surface area contributed by atoms with Gasteiger partial charge in [-0.15, -0.1) is 0 Å². The highest BCUT2D eigenvalue weighted by Gasteiger charge is 2.43. The number of aromatic nitrogens is 3. The second-order valence-electron chi connectivity index (χ2n) is 8.21. The zero-order valence-corrected chi connectivity index (χ0v) is 18.3. The molecule has 0 aliphatic carbocycles. The molecule has 4 aromatic rings. The number of benzene rings is 2. The number of pyridine rings is 1. The standard InChI is InChI=1S/C24H17ClF3N3O3/c25-14-8-18-23(31-24(29-18)34-20-10-33-19-5-6-32-22(19)20)30-21(14)12-3-1-11(2-4-12)13-7-16(27)17(28)9-15(13)26/h1-4,7-9,19-20,22H,5-6,10H2,(H,29,30,31)/t19-,20?,22+/m1/s1. The summed E-state index contributed by atoms with van der Waals surface area (Å²) in [7, 11) is 0. The van der Waals surface area contributed by atoms with E-state index in [-0.39, 0.29) is 23.9 Å². The van der Waals surface area contributed by atoms with E-state index in [0.717, 1.165) is 12.5 Å². The molecular formula is C24H17ClF3N3O3. The molecule has 10 heteroatoms. The van der Waals surface area contributed by atoms with Crippen LogP contribution in [0.2, 0.25) is 5.02 Å². The van der Waals surface area contributed by atoms with Crippen LogP contribution in [-0.4, -0.2) is 46.5 Å². The Hall–Kier alpha value is -3.14. The van der Waals surface area contributed by atoms with Crippen molar-refractivity contribution < 1.29 is 27.4 Å². The molecule has 6 rings (SSSR count). The first-order chi connectivity index (χ1) is 16.5. The first-order valence-electron chi connectivity index (χ1n) is 10.7. The van der Waals surface area contributed by atoms with Crippen LogP contribution in [0.3, 0.4) is 0 Å². The monoisotopic (exact) mass is 487 g/mol. The molecule has 2 aliphatic rings. The van der Waals surface area contributed by atoms with E-state index in [1.165, 1.54) is 0 Å². The van der Waals surface area contributed by atoms with Crippen molar-refractivity contribution >= 4 is 22.8 Å². The summed E-state index contributed by atoms with van der Waals surface area (Å²) in [6, 6.07) is 9.87. The van der Waals surface area contributed by atoms with Crippen LogP contribution < -0.4 is 4.74 Å². The number of fused-ring (bicyclic) bond motifs is 2. The number of hydrogen-bond donors (Lipinski definition) is 1. The molecular weight excluding hydrogens is 471 g/mol. The summed E-state index contributed by atoms with van der Waals surface area (Å²) in [6.07, 6.45) is 0.536. The van der Waals surface area contributed by atoms with Gasteiger partial charge in [0.15, 0.2) is 23.4 Å². The van der Waals surface area contributed by atoms with Crippen molar-refractivity contribution in [2.75, 3.05) is 13.2 Å². The fourth-order valence-electron chi connectivity index (χ4n) is 4.38. The van der Waals surface area contributed by atoms with Gasteiger partial charge in [-0.2, -0.15) is 4.98 Å². The molecule has 6 nitrogen and oxygen atoms in total. The number of aromatic amines is 1. The minimum absolute atomic E-state index is 0.0431. The van der Waals surface area contributed by atoms with Gasteiger partial charge in [0.1, 0.15) is 11.9 Å². The van der Waals surface area contributed by atoms with E-state index in [4.69, 9.17) is 25.8 Å². The minimum Gasteiger partial charge on any atom is -0.456 e. The average Bonchev–Trinajstić information content (AvgIpc) is 3.53.